The number of fused-ring (bicyclic) bond motifs is 1. The summed E-state index contributed by atoms with van der Waals surface area (Å²) in [6.07, 6.45) is -2.17. The number of hydrogen-bond donors (Lipinski definition) is 0. The minimum Gasteiger partial charge on any atom is -0.270 e. The van der Waals surface area contributed by atoms with Crippen LogP contribution in [0.2, 0.25) is 0 Å². The molecule has 0 saturated heterocycles. The summed E-state index contributed by atoms with van der Waals surface area (Å²) in [4.78, 5) is 26.4. The van der Waals surface area contributed by atoms with Gasteiger partial charge in [0.15, 0.2) is 0 Å². The van der Waals surface area contributed by atoms with Crippen LogP contribution in [0, 0.1) is 19.7 Å². The maximum Gasteiger partial charge on any atom is 0.399 e. The van der Waals surface area contributed by atoms with Gasteiger partial charge in [-0.1, -0.05) is 64.5 Å². The molecular formula is C27H20BrF4NO2. The maximum atomic E-state index is 13.9. The van der Waals surface area contributed by atoms with Crippen molar-refractivity contribution in [2.45, 2.75) is 32.5 Å². The molecule has 180 valence electrons. The Balaban J connectivity index is 1.57. The Labute approximate surface area is 208 Å². The topological polar surface area (TPSA) is 37.4 Å². The number of rotatable bonds is 5. The highest BCUT2D eigenvalue weighted by Crippen LogP contribution is 2.38. The summed E-state index contributed by atoms with van der Waals surface area (Å²) in [5.41, 5.74) is 2.09. The molecule has 0 radical (unpaired) electrons. The average Bonchev–Trinajstić information content (AvgIpc) is 3.03. The van der Waals surface area contributed by atoms with Crippen molar-refractivity contribution in [3.05, 3.63) is 110 Å². The van der Waals surface area contributed by atoms with E-state index >= 15 is 0 Å². The molecule has 1 aliphatic rings. The van der Waals surface area contributed by atoms with Crippen LogP contribution in [-0.2, 0) is 6.54 Å². The number of amides is 2. The van der Waals surface area contributed by atoms with Crippen molar-refractivity contribution in [3.63, 3.8) is 0 Å². The van der Waals surface area contributed by atoms with Crippen molar-refractivity contribution in [1.29, 1.82) is 0 Å². The zero-order valence-electron chi connectivity index (χ0n) is 18.8. The summed E-state index contributed by atoms with van der Waals surface area (Å²) < 4.78 is 55.9. The Hall–Kier alpha value is -3.26. The quantitative estimate of drug-likeness (QED) is 0.248. The van der Waals surface area contributed by atoms with Crippen LogP contribution in [0.3, 0.4) is 0 Å². The molecule has 3 nitrogen and oxygen atoms in total. The van der Waals surface area contributed by atoms with Gasteiger partial charge < -0.3 is 0 Å². The predicted octanol–water partition coefficient (Wildman–Crippen LogP) is 7.36. The Morgan fingerprint density at radius 1 is 0.943 bits per heavy atom. The lowest BCUT2D eigenvalue weighted by Gasteiger charge is -2.19. The highest BCUT2D eigenvalue weighted by Gasteiger charge is 2.39. The lowest BCUT2D eigenvalue weighted by atomic mass is 9.93. The molecule has 4 rings (SSSR count). The summed E-state index contributed by atoms with van der Waals surface area (Å²) in [5.74, 6) is -3.20. The number of benzene rings is 3. The van der Waals surface area contributed by atoms with Crippen LogP contribution >= 0.6 is 15.9 Å². The van der Waals surface area contributed by atoms with Crippen LogP contribution < -0.4 is 0 Å². The number of hydrogen-bond acceptors (Lipinski definition) is 2. The Kier molecular flexibility index (Phi) is 6.68. The van der Waals surface area contributed by atoms with Gasteiger partial charge in [-0.05, 0) is 59.9 Å². The standard InChI is InChI=1S/C27H20BrF4NO2/c1-15-11-19(12-16(2)24(15)29)22(27(30,31)32)10-8-17-7-9-18(23(28)13-17)14-33-25(34)20-5-3-4-6-21(20)26(33)35/h3-13,22H,14H2,1-2H3/b10-8+. The number of allylic oxidation sites excluding steroid dienone is 1. The zero-order chi connectivity index (χ0) is 25.5. The minimum absolute atomic E-state index is 0.0240. The monoisotopic (exact) mass is 545 g/mol. The van der Waals surface area contributed by atoms with Gasteiger partial charge in [0, 0.05) is 4.47 Å². The van der Waals surface area contributed by atoms with Crippen molar-refractivity contribution in [2.24, 2.45) is 0 Å². The fourth-order valence-corrected chi connectivity index (χ4v) is 4.65. The fourth-order valence-electron chi connectivity index (χ4n) is 4.12. The Morgan fingerprint density at radius 2 is 1.51 bits per heavy atom. The van der Waals surface area contributed by atoms with Gasteiger partial charge in [-0.3, -0.25) is 14.5 Å². The van der Waals surface area contributed by atoms with E-state index in [2.05, 4.69) is 15.9 Å². The van der Waals surface area contributed by atoms with Crippen LogP contribution in [0.25, 0.3) is 6.08 Å². The third-order valence-electron chi connectivity index (χ3n) is 5.94. The van der Waals surface area contributed by atoms with Crippen molar-refractivity contribution < 1.29 is 27.2 Å². The van der Waals surface area contributed by atoms with Crippen LogP contribution in [0.5, 0.6) is 0 Å². The second-order valence-corrected chi connectivity index (χ2v) is 9.29. The molecule has 0 N–H and O–H groups in total. The number of carbonyl (C=O) groups is 2. The van der Waals surface area contributed by atoms with Crippen molar-refractivity contribution in [3.8, 4) is 0 Å². The van der Waals surface area contributed by atoms with E-state index in [0.717, 1.165) is 11.0 Å². The third kappa shape index (κ3) is 4.93. The number of halogens is 5. The molecule has 3 aromatic carbocycles. The van der Waals surface area contributed by atoms with E-state index in [1.807, 2.05) is 0 Å². The highest BCUT2D eigenvalue weighted by atomic mass is 79.9. The second kappa shape index (κ2) is 9.41. The molecular weight excluding hydrogens is 526 g/mol. The number of carbonyl (C=O) groups excluding carboxylic acids is 2. The molecule has 8 heteroatoms. The number of aryl methyl sites for hydroxylation is 2. The van der Waals surface area contributed by atoms with Crippen molar-refractivity contribution in [1.82, 2.24) is 4.90 Å². The van der Waals surface area contributed by atoms with E-state index in [-0.39, 0.29) is 35.0 Å². The molecule has 1 atom stereocenters. The number of nitrogens with zero attached hydrogens (tertiary/aromatic N) is 1. The molecule has 3 aromatic rings. The normalized spacial score (nSPS) is 14.7. The van der Waals surface area contributed by atoms with Crippen LogP contribution in [0.15, 0.2) is 65.1 Å². The Bertz CT molecular complexity index is 1310. The largest absolute Gasteiger partial charge is 0.399 e. The highest BCUT2D eigenvalue weighted by molar-refractivity contribution is 9.10. The molecule has 0 fully saturated rings. The number of alkyl halides is 3. The third-order valence-corrected chi connectivity index (χ3v) is 6.67. The predicted molar refractivity (Wildman–Crippen MR) is 128 cm³/mol. The molecule has 0 saturated carbocycles. The maximum absolute atomic E-state index is 13.9. The molecule has 0 aliphatic carbocycles. The second-order valence-electron chi connectivity index (χ2n) is 8.44. The van der Waals surface area contributed by atoms with Crippen LogP contribution in [-0.4, -0.2) is 22.9 Å². The molecule has 1 heterocycles. The summed E-state index contributed by atoms with van der Waals surface area (Å²) in [7, 11) is 0. The van der Waals surface area contributed by atoms with Gasteiger partial charge in [0.05, 0.1) is 23.6 Å². The lowest BCUT2D eigenvalue weighted by Crippen LogP contribution is -2.29. The average molecular weight is 546 g/mol. The lowest BCUT2D eigenvalue weighted by molar-refractivity contribution is -0.139. The van der Waals surface area contributed by atoms with Gasteiger partial charge in [-0.15, -0.1) is 0 Å². The molecule has 2 amide bonds. The Morgan fingerprint density at radius 3 is 2.03 bits per heavy atom. The molecule has 1 aliphatic heterocycles. The number of imide groups is 1. The van der Waals surface area contributed by atoms with Crippen LogP contribution in [0.1, 0.15) is 54.5 Å². The van der Waals surface area contributed by atoms with Crippen molar-refractivity contribution >= 4 is 33.8 Å². The van der Waals surface area contributed by atoms with Gasteiger partial charge in [0.2, 0.25) is 0 Å². The van der Waals surface area contributed by atoms with Crippen LogP contribution in [0.4, 0.5) is 17.6 Å². The molecule has 0 aromatic heterocycles. The first-order valence-electron chi connectivity index (χ1n) is 10.7. The fraction of sp³-hybridized carbons (Fsp3) is 0.185. The van der Waals surface area contributed by atoms with E-state index in [0.29, 0.717) is 26.7 Å². The van der Waals surface area contributed by atoms with E-state index in [1.165, 1.54) is 32.1 Å². The van der Waals surface area contributed by atoms with Gasteiger partial charge in [0.1, 0.15) is 5.82 Å². The van der Waals surface area contributed by atoms with E-state index in [1.54, 1.807) is 42.5 Å². The molecule has 0 spiro atoms. The molecule has 35 heavy (non-hydrogen) atoms. The smallest absolute Gasteiger partial charge is 0.270 e. The summed E-state index contributed by atoms with van der Waals surface area (Å²) in [5, 5.41) is 0. The van der Waals surface area contributed by atoms with Gasteiger partial charge in [-0.2, -0.15) is 13.2 Å². The first-order valence-corrected chi connectivity index (χ1v) is 11.5. The summed E-state index contributed by atoms with van der Waals surface area (Å²) >= 11 is 3.40. The van der Waals surface area contributed by atoms with Gasteiger partial charge in [-0.25, -0.2) is 4.39 Å². The van der Waals surface area contributed by atoms with Gasteiger partial charge in [0.25, 0.3) is 11.8 Å². The van der Waals surface area contributed by atoms with E-state index in [9.17, 15) is 27.2 Å². The minimum atomic E-state index is -4.56. The van der Waals surface area contributed by atoms with Gasteiger partial charge >= 0.3 is 6.18 Å². The van der Waals surface area contributed by atoms with E-state index in [4.69, 9.17) is 0 Å². The molecule has 1 unspecified atom stereocenters. The summed E-state index contributed by atoms with van der Waals surface area (Å²) in [6, 6.07) is 13.9. The first kappa shape index (κ1) is 24.9. The SMILES string of the molecule is Cc1cc(C(/C=C/c2ccc(CN3C(=O)c4ccccc4C3=O)c(Br)c2)C(F)(F)F)cc(C)c1F. The first-order chi connectivity index (χ1) is 16.5. The zero-order valence-corrected chi connectivity index (χ0v) is 20.4. The summed E-state index contributed by atoms with van der Waals surface area (Å²) in [6.45, 7) is 2.90. The van der Waals surface area contributed by atoms with Crippen molar-refractivity contribution in [2.75, 3.05) is 0 Å². The molecule has 0 bridgehead atoms. The van der Waals surface area contributed by atoms with E-state index < -0.39 is 17.9 Å².